The number of hydrogen-bond acceptors (Lipinski definition) is 2. The second-order valence-corrected chi connectivity index (χ2v) is 5.26. The zero-order valence-electron chi connectivity index (χ0n) is 13.7. The number of carbonyl (C=O) groups excluding carboxylic acids is 1. The molecule has 0 spiro atoms. The highest BCUT2D eigenvalue weighted by Gasteiger charge is 2.18. The van der Waals surface area contributed by atoms with Crippen LogP contribution in [0.3, 0.4) is 0 Å². The first-order valence-electron chi connectivity index (χ1n) is 7.65. The first-order valence-corrected chi connectivity index (χ1v) is 7.65. The maximum atomic E-state index is 12.7. The third-order valence-corrected chi connectivity index (χ3v) is 3.87. The largest absolute Gasteiger partial charge is 0.496 e. The first kappa shape index (κ1) is 16.1. The molecule has 116 valence electrons. The predicted molar refractivity (Wildman–Crippen MR) is 90.4 cm³/mol. The lowest BCUT2D eigenvalue weighted by molar-refractivity contribution is 0.0769. The average molecular weight is 297 g/mol. The normalized spacial score (nSPS) is 10.4. The molecule has 3 heteroatoms. The highest BCUT2D eigenvalue weighted by atomic mass is 16.5. The third kappa shape index (κ3) is 3.30. The van der Waals surface area contributed by atoms with Crippen molar-refractivity contribution in [2.24, 2.45) is 0 Å². The molecule has 0 aliphatic carbocycles. The van der Waals surface area contributed by atoms with Crippen LogP contribution >= 0.6 is 0 Å². The number of amides is 1. The molecule has 0 heterocycles. The lowest BCUT2D eigenvalue weighted by atomic mass is 10.0. The van der Waals surface area contributed by atoms with Crippen molar-refractivity contribution in [3.05, 3.63) is 53.6 Å². The molecule has 1 amide bonds. The molecule has 0 N–H and O–H groups in total. The number of nitrogens with zero attached hydrogens (tertiary/aromatic N) is 1. The summed E-state index contributed by atoms with van der Waals surface area (Å²) >= 11 is 0. The van der Waals surface area contributed by atoms with E-state index in [1.54, 1.807) is 12.0 Å². The zero-order valence-corrected chi connectivity index (χ0v) is 13.7. The lowest BCUT2D eigenvalue weighted by Crippen LogP contribution is -2.30. The number of carbonyl (C=O) groups is 1. The van der Waals surface area contributed by atoms with Crippen LogP contribution in [0, 0.1) is 6.92 Å². The number of ether oxygens (including phenoxy) is 1. The van der Waals surface area contributed by atoms with E-state index in [-0.39, 0.29) is 5.91 Å². The van der Waals surface area contributed by atoms with Gasteiger partial charge in [-0.1, -0.05) is 35.9 Å². The van der Waals surface area contributed by atoms with Crippen molar-refractivity contribution >= 4 is 5.91 Å². The molecule has 2 rings (SSSR count). The smallest absolute Gasteiger partial charge is 0.257 e. The van der Waals surface area contributed by atoms with E-state index in [0.29, 0.717) is 24.4 Å². The van der Waals surface area contributed by atoms with E-state index in [1.807, 2.05) is 32.0 Å². The average Bonchev–Trinajstić information content (AvgIpc) is 2.56. The molecule has 0 aliphatic heterocycles. The summed E-state index contributed by atoms with van der Waals surface area (Å²) in [5.41, 5.74) is 3.96. The summed E-state index contributed by atoms with van der Waals surface area (Å²) in [6.07, 6.45) is 0. The van der Waals surface area contributed by atoms with Gasteiger partial charge in [-0.15, -0.1) is 0 Å². The van der Waals surface area contributed by atoms with Crippen molar-refractivity contribution in [2.45, 2.75) is 20.8 Å². The fourth-order valence-corrected chi connectivity index (χ4v) is 2.48. The molecule has 0 fully saturated rings. The molecule has 0 atom stereocenters. The fourth-order valence-electron chi connectivity index (χ4n) is 2.48. The highest BCUT2D eigenvalue weighted by Crippen LogP contribution is 2.28. The van der Waals surface area contributed by atoms with Gasteiger partial charge in [-0.3, -0.25) is 4.79 Å². The molecule has 0 unspecified atom stereocenters. The van der Waals surface area contributed by atoms with Gasteiger partial charge in [0.05, 0.1) is 12.7 Å². The van der Waals surface area contributed by atoms with Gasteiger partial charge in [0, 0.05) is 13.1 Å². The summed E-state index contributed by atoms with van der Waals surface area (Å²) in [5.74, 6) is 0.628. The van der Waals surface area contributed by atoms with Gasteiger partial charge in [-0.25, -0.2) is 0 Å². The van der Waals surface area contributed by atoms with Crippen molar-refractivity contribution in [3.63, 3.8) is 0 Å². The third-order valence-electron chi connectivity index (χ3n) is 3.87. The van der Waals surface area contributed by atoms with Crippen LogP contribution in [-0.2, 0) is 0 Å². The highest BCUT2D eigenvalue weighted by molar-refractivity contribution is 5.98. The quantitative estimate of drug-likeness (QED) is 0.829. The van der Waals surface area contributed by atoms with Crippen molar-refractivity contribution in [2.75, 3.05) is 20.2 Å². The second-order valence-electron chi connectivity index (χ2n) is 5.26. The Bertz CT molecular complexity index is 643. The topological polar surface area (TPSA) is 29.5 Å². The van der Waals surface area contributed by atoms with Crippen molar-refractivity contribution in [1.82, 2.24) is 4.90 Å². The van der Waals surface area contributed by atoms with E-state index >= 15 is 0 Å². The van der Waals surface area contributed by atoms with Crippen LogP contribution < -0.4 is 4.74 Å². The SMILES string of the molecule is CCN(CC)C(=O)c1cc(-c2ccc(C)cc2)ccc1OC. The van der Waals surface area contributed by atoms with Gasteiger partial charge < -0.3 is 9.64 Å². The Labute approximate surface area is 132 Å². The summed E-state index contributed by atoms with van der Waals surface area (Å²) in [5, 5.41) is 0. The van der Waals surface area contributed by atoms with Gasteiger partial charge in [0.15, 0.2) is 0 Å². The van der Waals surface area contributed by atoms with Crippen LogP contribution in [0.1, 0.15) is 29.8 Å². The van der Waals surface area contributed by atoms with E-state index in [1.165, 1.54) is 5.56 Å². The molecule has 2 aromatic carbocycles. The van der Waals surface area contributed by atoms with Crippen LogP contribution in [0.5, 0.6) is 5.75 Å². The summed E-state index contributed by atoms with van der Waals surface area (Å²) < 4.78 is 5.37. The van der Waals surface area contributed by atoms with Crippen molar-refractivity contribution in [3.8, 4) is 16.9 Å². The molecule has 0 saturated carbocycles. The molecule has 0 radical (unpaired) electrons. The molecule has 0 aliphatic rings. The Hall–Kier alpha value is -2.29. The van der Waals surface area contributed by atoms with E-state index in [2.05, 4.69) is 31.2 Å². The van der Waals surface area contributed by atoms with E-state index in [4.69, 9.17) is 4.74 Å². The van der Waals surface area contributed by atoms with Crippen LogP contribution in [0.25, 0.3) is 11.1 Å². The van der Waals surface area contributed by atoms with Crippen LogP contribution in [0.4, 0.5) is 0 Å². The minimum absolute atomic E-state index is 0.0100. The van der Waals surface area contributed by atoms with E-state index < -0.39 is 0 Å². The van der Waals surface area contributed by atoms with E-state index in [0.717, 1.165) is 11.1 Å². The molecule has 0 saturated heterocycles. The first-order chi connectivity index (χ1) is 10.6. The van der Waals surface area contributed by atoms with Gasteiger partial charge in [0.2, 0.25) is 0 Å². The van der Waals surface area contributed by atoms with Gasteiger partial charge >= 0.3 is 0 Å². The number of rotatable bonds is 5. The Morgan fingerprint density at radius 1 is 1.00 bits per heavy atom. The molecule has 2 aromatic rings. The Kier molecular flexibility index (Phi) is 5.21. The number of aryl methyl sites for hydroxylation is 1. The maximum Gasteiger partial charge on any atom is 0.257 e. The molecular weight excluding hydrogens is 274 g/mol. The minimum atomic E-state index is 0.0100. The summed E-state index contributed by atoms with van der Waals surface area (Å²) in [6.45, 7) is 7.41. The van der Waals surface area contributed by atoms with Crippen molar-refractivity contribution < 1.29 is 9.53 Å². The summed E-state index contributed by atoms with van der Waals surface area (Å²) in [6, 6.07) is 14.1. The number of benzene rings is 2. The molecule has 0 aromatic heterocycles. The van der Waals surface area contributed by atoms with Gasteiger partial charge in [-0.05, 0) is 44.0 Å². The van der Waals surface area contributed by atoms with Gasteiger partial charge in [0.1, 0.15) is 5.75 Å². The standard InChI is InChI=1S/C19H23NO2/c1-5-20(6-2)19(21)17-13-16(11-12-18(17)22-4)15-9-7-14(3)8-10-15/h7-13H,5-6H2,1-4H3. The molecule has 0 bridgehead atoms. The molecular formula is C19H23NO2. The maximum absolute atomic E-state index is 12.7. The van der Waals surface area contributed by atoms with Crippen LogP contribution in [0.2, 0.25) is 0 Å². The summed E-state index contributed by atoms with van der Waals surface area (Å²) in [7, 11) is 1.60. The molecule has 3 nitrogen and oxygen atoms in total. The van der Waals surface area contributed by atoms with Crippen LogP contribution in [0.15, 0.2) is 42.5 Å². The Morgan fingerprint density at radius 3 is 2.14 bits per heavy atom. The van der Waals surface area contributed by atoms with Crippen molar-refractivity contribution in [1.29, 1.82) is 0 Å². The predicted octanol–water partition coefficient (Wildman–Crippen LogP) is 4.15. The van der Waals surface area contributed by atoms with Gasteiger partial charge in [-0.2, -0.15) is 0 Å². The van der Waals surface area contributed by atoms with E-state index in [9.17, 15) is 4.79 Å². The van der Waals surface area contributed by atoms with Gasteiger partial charge in [0.25, 0.3) is 5.91 Å². The zero-order chi connectivity index (χ0) is 16.1. The second kappa shape index (κ2) is 7.12. The van der Waals surface area contributed by atoms with Crippen LogP contribution in [-0.4, -0.2) is 31.0 Å². The monoisotopic (exact) mass is 297 g/mol. The number of methoxy groups -OCH3 is 1. The Balaban J connectivity index is 2.46. The molecule has 22 heavy (non-hydrogen) atoms. The number of hydrogen-bond donors (Lipinski definition) is 0. The Morgan fingerprint density at radius 2 is 1.59 bits per heavy atom. The lowest BCUT2D eigenvalue weighted by Gasteiger charge is -2.20. The minimum Gasteiger partial charge on any atom is -0.496 e. The summed E-state index contributed by atoms with van der Waals surface area (Å²) in [4.78, 5) is 14.5. The fraction of sp³-hybridized carbons (Fsp3) is 0.316.